The Bertz CT molecular complexity index is 345. The van der Waals surface area contributed by atoms with Crippen LogP contribution in [0.15, 0.2) is 24.3 Å². The molecule has 0 aromatic heterocycles. The molecule has 1 aromatic rings. The maximum absolute atomic E-state index is 5.99. The molecule has 0 radical (unpaired) electrons. The number of hydrogen-bond acceptors (Lipinski definition) is 0. The van der Waals surface area contributed by atoms with Crippen molar-refractivity contribution in [2.75, 3.05) is 0 Å². The molecule has 1 aromatic carbocycles. The second-order valence-electron chi connectivity index (χ2n) is 5.16. The highest BCUT2D eigenvalue weighted by Gasteiger charge is 2.16. The Morgan fingerprint density at radius 1 is 1.29 bits per heavy atom. The Hall–Kier alpha value is -0.0100. The molecular formula is C15H20BrCl. The Kier molecular flexibility index (Phi) is 5.37. The average molecular weight is 316 g/mol. The van der Waals surface area contributed by atoms with Crippen molar-refractivity contribution < 1.29 is 0 Å². The number of halogens is 2. The van der Waals surface area contributed by atoms with Gasteiger partial charge in [0.15, 0.2) is 0 Å². The predicted octanol–water partition coefficient (Wildman–Crippen LogP) is 5.62. The van der Waals surface area contributed by atoms with E-state index in [9.17, 15) is 0 Å². The van der Waals surface area contributed by atoms with Crippen LogP contribution in [0, 0.1) is 5.92 Å². The normalized spacial score (nSPS) is 18.5. The fraction of sp³-hybridized carbons (Fsp3) is 0.600. The van der Waals surface area contributed by atoms with E-state index in [1.165, 1.54) is 44.1 Å². The van der Waals surface area contributed by atoms with E-state index in [0.717, 1.165) is 17.4 Å². The molecule has 1 fully saturated rings. The second-order valence-corrected chi connectivity index (χ2v) is 6.89. The van der Waals surface area contributed by atoms with E-state index >= 15 is 0 Å². The summed E-state index contributed by atoms with van der Waals surface area (Å²) in [6, 6.07) is 8.21. The fourth-order valence-corrected chi connectivity index (χ4v) is 3.59. The molecule has 1 aliphatic rings. The van der Waals surface area contributed by atoms with Crippen LogP contribution in [0.5, 0.6) is 0 Å². The number of benzene rings is 1. The van der Waals surface area contributed by atoms with Crippen molar-refractivity contribution in [1.29, 1.82) is 0 Å². The molecule has 0 saturated heterocycles. The van der Waals surface area contributed by atoms with Gasteiger partial charge < -0.3 is 0 Å². The molecule has 1 atom stereocenters. The van der Waals surface area contributed by atoms with E-state index in [2.05, 4.69) is 28.1 Å². The summed E-state index contributed by atoms with van der Waals surface area (Å²) < 4.78 is 0. The van der Waals surface area contributed by atoms with Crippen LogP contribution in [0.4, 0.5) is 0 Å². The lowest BCUT2D eigenvalue weighted by Crippen LogP contribution is -2.05. The maximum Gasteiger partial charge on any atom is 0.0408 e. The van der Waals surface area contributed by atoms with Crippen LogP contribution in [0.1, 0.15) is 44.1 Å². The summed E-state index contributed by atoms with van der Waals surface area (Å²) in [7, 11) is 0. The molecule has 0 spiro atoms. The molecule has 17 heavy (non-hydrogen) atoms. The minimum absolute atomic E-state index is 0.599. The Morgan fingerprint density at radius 3 is 2.76 bits per heavy atom. The van der Waals surface area contributed by atoms with E-state index in [0.29, 0.717) is 4.83 Å². The lowest BCUT2D eigenvalue weighted by atomic mass is 9.98. The zero-order valence-corrected chi connectivity index (χ0v) is 12.5. The molecule has 1 unspecified atom stereocenters. The third-order valence-corrected chi connectivity index (χ3v) is 4.73. The van der Waals surface area contributed by atoms with Crippen LogP contribution in [-0.2, 0) is 6.42 Å². The average Bonchev–Trinajstić information content (AvgIpc) is 2.79. The van der Waals surface area contributed by atoms with Gasteiger partial charge in [0, 0.05) is 9.85 Å². The van der Waals surface area contributed by atoms with E-state index < -0.39 is 0 Å². The van der Waals surface area contributed by atoms with Gasteiger partial charge in [-0.3, -0.25) is 0 Å². The van der Waals surface area contributed by atoms with Gasteiger partial charge in [-0.15, -0.1) is 0 Å². The van der Waals surface area contributed by atoms with E-state index in [4.69, 9.17) is 11.6 Å². The minimum Gasteiger partial charge on any atom is -0.0887 e. The molecule has 0 nitrogen and oxygen atoms in total. The zero-order chi connectivity index (χ0) is 12.1. The Labute approximate surface area is 118 Å². The van der Waals surface area contributed by atoms with Crippen LogP contribution >= 0.6 is 27.5 Å². The van der Waals surface area contributed by atoms with Crippen molar-refractivity contribution >= 4 is 27.5 Å². The molecule has 0 bridgehead atoms. The lowest BCUT2D eigenvalue weighted by Gasteiger charge is -2.13. The first-order valence-corrected chi connectivity index (χ1v) is 7.92. The summed E-state index contributed by atoms with van der Waals surface area (Å²) in [5.74, 6) is 0.995. The van der Waals surface area contributed by atoms with Gasteiger partial charge in [0.25, 0.3) is 0 Å². The standard InChI is InChI=1S/C15H20BrCl/c16-14(9-8-12-4-1-2-5-12)10-13-6-3-7-15(17)11-13/h3,6-7,11-12,14H,1-2,4-5,8-10H2. The first-order chi connectivity index (χ1) is 8.24. The number of alkyl halides is 1. The smallest absolute Gasteiger partial charge is 0.0408 e. The molecule has 0 heterocycles. The van der Waals surface area contributed by atoms with E-state index in [1.54, 1.807) is 0 Å². The molecule has 0 amide bonds. The van der Waals surface area contributed by atoms with Crippen LogP contribution in [0.3, 0.4) is 0 Å². The van der Waals surface area contributed by atoms with Gasteiger partial charge in [-0.25, -0.2) is 0 Å². The van der Waals surface area contributed by atoms with Crippen LogP contribution in [0.25, 0.3) is 0 Å². The molecular weight excluding hydrogens is 296 g/mol. The van der Waals surface area contributed by atoms with Crippen molar-refractivity contribution in [3.8, 4) is 0 Å². The van der Waals surface area contributed by atoms with E-state index in [-0.39, 0.29) is 0 Å². The van der Waals surface area contributed by atoms with Crippen molar-refractivity contribution in [2.45, 2.75) is 49.8 Å². The summed E-state index contributed by atoms with van der Waals surface area (Å²) in [5, 5.41) is 0.845. The van der Waals surface area contributed by atoms with Crippen molar-refractivity contribution in [3.05, 3.63) is 34.9 Å². The minimum atomic E-state index is 0.599. The predicted molar refractivity (Wildman–Crippen MR) is 79.1 cm³/mol. The van der Waals surface area contributed by atoms with Crippen LogP contribution < -0.4 is 0 Å². The quantitative estimate of drug-likeness (QED) is 0.619. The van der Waals surface area contributed by atoms with Crippen LogP contribution in [-0.4, -0.2) is 4.83 Å². The Morgan fingerprint density at radius 2 is 2.06 bits per heavy atom. The van der Waals surface area contributed by atoms with Gasteiger partial charge in [-0.05, 0) is 42.9 Å². The molecule has 2 rings (SSSR count). The summed E-state index contributed by atoms with van der Waals surface area (Å²) in [4.78, 5) is 0.599. The highest BCUT2D eigenvalue weighted by Crippen LogP contribution is 2.30. The van der Waals surface area contributed by atoms with Gasteiger partial charge in [0.05, 0.1) is 0 Å². The van der Waals surface area contributed by atoms with Gasteiger partial charge in [0.2, 0.25) is 0 Å². The van der Waals surface area contributed by atoms with Crippen molar-refractivity contribution in [2.24, 2.45) is 5.92 Å². The molecule has 0 aliphatic heterocycles. The number of hydrogen-bond donors (Lipinski definition) is 0. The van der Waals surface area contributed by atoms with Gasteiger partial charge in [0.1, 0.15) is 0 Å². The van der Waals surface area contributed by atoms with Crippen LogP contribution in [0.2, 0.25) is 5.02 Å². The van der Waals surface area contributed by atoms with E-state index in [1.807, 2.05) is 12.1 Å². The molecule has 94 valence electrons. The third kappa shape index (κ3) is 4.63. The Balaban J connectivity index is 1.74. The van der Waals surface area contributed by atoms with Gasteiger partial charge >= 0.3 is 0 Å². The zero-order valence-electron chi connectivity index (χ0n) is 10.2. The molecule has 0 N–H and O–H groups in total. The van der Waals surface area contributed by atoms with Gasteiger partial charge in [-0.2, -0.15) is 0 Å². The SMILES string of the molecule is Clc1cccc(CC(Br)CCC2CCCC2)c1. The van der Waals surface area contributed by atoms with Crippen molar-refractivity contribution in [1.82, 2.24) is 0 Å². The maximum atomic E-state index is 5.99. The number of rotatable bonds is 5. The first-order valence-electron chi connectivity index (χ1n) is 6.62. The van der Waals surface area contributed by atoms with Crippen molar-refractivity contribution in [3.63, 3.8) is 0 Å². The monoisotopic (exact) mass is 314 g/mol. The summed E-state index contributed by atoms with van der Waals surface area (Å²) in [6.07, 6.45) is 9.58. The highest BCUT2D eigenvalue weighted by molar-refractivity contribution is 9.09. The highest BCUT2D eigenvalue weighted by atomic mass is 79.9. The largest absolute Gasteiger partial charge is 0.0887 e. The fourth-order valence-electron chi connectivity index (χ4n) is 2.74. The third-order valence-electron chi connectivity index (χ3n) is 3.71. The summed E-state index contributed by atoms with van der Waals surface area (Å²) in [5.41, 5.74) is 1.34. The first kappa shape index (κ1) is 13.4. The topological polar surface area (TPSA) is 0 Å². The lowest BCUT2D eigenvalue weighted by molar-refractivity contribution is 0.479. The molecule has 2 heteroatoms. The molecule has 1 aliphatic carbocycles. The summed E-state index contributed by atoms with van der Waals surface area (Å²) in [6.45, 7) is 0. The summed E-state index contributed by atoms with van der Waals surface area (Å²) >= 11 is 9.80. The second kappa shape index (κ2) is 6.80. The van der Waals surface area contributed by atoms with Gasteiger partial charge in [-0.1, -0.05) is 65.3 Å². The molecule has 1 saturated carbocycles.